The van der Waals surface area contributed by atoms with E-state index in [0.29, 0.717) is 5.56 Å². The molecule has 0 amide bonds. The summed E-state index contributed by atoms with van der Waals surface area (Å²) in [5, 5.41) is 18.3. The van der Waals surface area contributed by atoms with Crippen molar-refractivity contribution in [2.75, 3.05) is 0 Å². The maximum atomic E-state index is 12.8. The zero-order chi connectivity index (χ0) is 17.9. The number of carbonyl (C=O) groups is 1. The molecule has 0 spiro atoms. The van der Waals surface area contributed by atoms with E-state index in [-0.39, 0.29) is 29.5 Å². The Hall–Kier alpha value is -3.30. The van der Waals surface area contributed by atoms with Gasteiger partial charge in [0.15, 0.2) is 5.84 Å². The third-order valence-corrected chi connectivity index (χ3v) is 3.19. The molecule has 1 heterocycles. The molecule has 2 N–H and O–H groups in total. The van der Waals surface area contributed by atoms with E-state index in [4.69, 9.17) is 5.73 Å². The highest BCUT2D eigenvalue weighted by Gasteiger charge is 2.23. The zero-order valence-electron chi connectivity index (χ0n) is 12.9. The number of aryl methyl sites for hydroxylation is 1. The number of hydrogen-bond donors (Lipinski definition) is 1. The predicted molar refractivity (Wildman–Crippen MR) is 81.6 cm³/mol. The van der Waals surface area contributed by atoms with Crippen LogP contribution in [-0.4, -0.2) is 26.5 Å². The Balaban J connectivity index is 2.06. The van der Waals surface area contributed by atoms with E-state index in [1.54, 1.807) is 0 Å². The lowest BCUT2D eigenvalue weighted by atomic mass is 10.2. The molecule has 10 heteroatoms. The van der Waals surface area contributed by atoms with E-state index in [9.17, 15) is 19.3 Å². The minimum absolute atomic E-state index is 0.109. The summed E-state index contributed by atoms with van der Waals surface area (Å²) in [6.07, 6.45) is 0. The second kappa shape index (κ2) is 6.86. The van der Waals surface area contributed by atoms with Gasteiger partial charge in [-0.15, -0.1) is 0 Å². The predicted octanol–water partition coefficient (Wildman–Crippen LogP) is 1.41. The van der Waals surface area contributed by atoms with E-state index < -0.39 is 16.7 Å². The van der Waals surface area contributed by atoms with Crippen LogP contribution in [0, 0.1) is 29.8 Å². The first kappa shape index (κ1) is 17.1. The summed E-state index contributed by atoms with van der Waals surface area (Å²) >= 11 is 0. The molecule has 0 atom stereocenters. The van der Waals surface area contributed by atoms with Crippen LogP contribution >= 0.6 is 0 Å². The second-order valence-electron chi connectivity index (χ2n) is 4.88. The summed E-state index contributed by atoms with van der Waals surface area (Å²) in [6, 6.07) is 5.14. The maximum Gasteiger partial charge on any atom is 0.356 e. The zero-order valence-corrected chi connectivity index (χ0v) is 12.9. The third kappa shape index (κ3) is 3.72. The smallest absolute Gasteiger partial charge is 0.356 e. The summed E-state index contributed by atoms with van der Waals surface area (Å²) in [5.41, 5.74) is 6.27. The largest absolute Gasteiger partial charge is 0.380 e. The molecule has 0 unspecified atom stereocenters. The maximum absolute atomic E-state index is 12.8. The lowest BCUT2D eigenvalue weighted by molar-refractivity contribution is -0.386. The van der Waals surface area contributed by atoms with Gasteiger partial charge in [-0.3, -0.25) is 14.8 Å². The van der Waals surface area contributed by atoms with Crippen molar-refractivity contribution in [3.8, 4) is 0 Å². The minimum atomic E-state index is -0.805. The van der Waals surface area contributed by atoms with Crippen molar-refractivity contribution in [3.05, 3.63) is 57.1 Å². The summed E-state index contributed by atoms with van der Waals surface area (Å²) < 4.78 is 14.0. The quantitative estimate of drug-likeness (QED) is 0.289. The van der Waals surface area contributed by atoms with Crippen LogP contribution in [0.25, 0.3) is 0 Å². The first-order chi connectivity index (χ1) is 11.3. The molecule has 0 saturated heterocycles. The van der Waals surface area contributed by atoms with Gasteiger partial charge in [0.2, 0.25) is 0 Å². The number of rotatable bonds is 5. The molecule has 1 aromatic carbocycles. The molecule has 126 valence electrons. The molecule has 24 heavy (non-hydrogen) atoms. The molecule has 0 aliphatic rings. The van der Waals surface area contributed by atoms with E-state index in [2.05, 4.69) is 15.1 Å². The number of nitrogens with two attached hydrogens (primary N) is 1. The van der Waals surface area contributed by atoms with Gasteiger partial charge in [-0.05, 0) is 38.1 Å². The topological polar surface area (TPSA) is 126 Å². The number of benzene rings is 1. The van der Waals surface area contributed by atoms with Crippen LogP contribution in [0.5, 0.6) is 0 Å². The Kier molecular flexibility index (Phi) is 4.87. The van der Waals surface area contributed by atoms with Crippen LogP contribution in [0.1, 0.15) is 17.0 Å². The first-order valence-electron chi connectivity index (χ1n) is 6.77. The summed E-state index contributed by atoms with van der Waals surface area (Å²) in [7, 11) is 0. The molecular weight excluding hydrogens is 321 g/mol. The molecule has 2 rings (SSSR count). The average molecular weight is 335 g/mol. The summed E-state index contributed by atoms with van der Waals surface area (Å²) in [5.74, 6) is -1.35. The van der Waals surface area contributed by atoms with Crippen molar-refractivity contribution in [2.24, 2.45) is 10.9 Å². The van der Waals surface area contributed by atoms with Crippen molar-refractivity contribution >= 4 is 17.5 Å². The molecular formula is C14H14FN5O4. The van der Waals surface area contributed by atoms with Gasteiger partial charge in [0, 0.05) is 5.56 Å². The number of hydrogen-bond acceptors (Lipinski definition) is 6. The van der Waals surface area contributed by atoms with Gasteiger partial charge in [0.1, 0.15) is 23.7 Å². The highest BCUT2D eigenvalue weighted by molar-refractivity contribution is 5.97. The molecule has 1 aromatic heterocycles. The molecule has 0 bridgehead atoms. The molecule has 0 fully saturated rings. The van der Waals surface area contributed by atoms with Gasteiger partial charge >= 0.3 is 11.7 Å². The third-order valence-electron chi connectivity index (χ3n) is 3.19. The lowest BCUT2D eigenvalue weighted by Crippen LogP contribution is -2.18. The van der Waals surface area contributed by atoms with E-state index in [1.807, 2.05) is 0 Å². The standard InChI is InChI=1S/C14H14FN5O4/c1-8-13(20(22)23)9(2)19(17-8)7-12(21)24-18-14(16)10-3-5-11(15)6-4-10/h3-6H,7H2,1-2H3,(H2,16,18). The van der Waals surface area contributed by atoms with Gasteiger partial charge in [-0.25, -0.2) is 9.18 Å². The van der Waals surface area contributed by atoms with Crippen LogP contribution in [0.15, 0.2) is 29.4 Å². The van der Waals surface area contributed by atoms with Crippen molar-refractivity contribution in [2.45, 2.75) is 20.4 Å². The number of oxime groups is 1. The van der Waals surface area contributed by atoms with Crippen LogP contribution in [0.4, 0.5) is 10.1 Å². The number of aromatic nitrogens is 2. The van der Waals surface area contributed by atoms with E-state index >= 15 is 0 Å². The Morgan fingerprint density at radius 1 is 1.42 bits per heavy atom. The van der Waals surface area contributed by atoms with E-state index in [0.717, 1.165) is 4.68 Å². The lowest BCUT2D eigenvalue weighted by Gasteiger charge is -2.03. The van der Waals surface area contributed by atoms with Crippen LogP contribution in [-0.2, 0) is 16.2 Å². The van der Waals surface area contributed by atoms with Crippen LogP contribution < -0.4 is 5.73 Å². The molecule has 9 nitrogen and oxygen atoms in total. The minimum Gasteiger partial charge on any atom is -0.380 e. The fourth-order valence-electron chi connectivity index (χ4n) is 2.03. The Morgan fingerprint density at radius 3 is 2.58 bits per heavy atom. The first-order valence-corrected chi connectivity index (χ1v) is 6.77. The summed E-state index contributed by atoms with van der Waals surface area (Å²) in [4.78, 5) is 26.8. The molecule has 0 radical (unpaired) electrons. The van der Waals surface area contributed by atoms with Gasteiger partial charge in [0.05, 0.1) is 4.92 Å². The number of carbonyl (C=O) groups excluding carboxylic acids is 1. The highest BCUT2D eigenvalue weighted by atomic mass is 19.1. The Labute approximate surface area is 135 Å². The molecule has 2 aromatic rings. The summed E-state index contributed by atoms with van der Waals surface area (Å²) in [6.45, 7) is 2.58. The van der Waals surface area contributed by atoms with Crippen LogP contribution in [0.2, 0.25) is 0 Å². The van der Waals surface area contributed by atoms with Gasteiger partial charge in [0.25, 0.3) is 0 Å². The SMILES string of the molecule is Cc1nn(CC(=O)O/N=C(\N)c2ccc(F)cc2)c(C)c1[N+](=O)[O-]. The number of nitrogens with zero attached hydrogens (tertiary/aromatic N) is 4. The van der Waals surface area contributed by atoms with Gasteiger partial charge in [-0.1, -0.05) is 5.16 Å². The van der Waals surface area contributed by atoms with Gasteiger partial charge in [-0.2, -0.15) is 5.10 Å². The van der Waals surface area contributed by atoms with Crippen molar-refractivity contribution in [1.29, 1.82) is 0 Å². The van der Waals surface area contributed by atoms with E-state index in [1.165, 1.54) is 38.1 Å². The molecule has 0 saturated carbocycles. The van der Waals surface area contributed by atoms with Crippen molar-refractivity contribution in [1.82, 2.24) is 9.78 Å². The van der Waals surface area contributed by atoms with Crippen molar-refractivity contribution in [3.63, 3.8) is 0 Å². The fourth-order valence-corrected chi connectivity index (χ4v) is 2.03. The fraction of sp³-hybridized carbons (Fsp3) is 0.214. The number of amidine groups is 1. The average Bonchev–Trinajstić information content (AvgIpc) is 2.79. The van der Waals surface area contributed by atoms with Gasteiger partial charge < -0.3 is 10.6 Å². The Bertz CT molecular complexity index is 813. The van der Waals surface area contributed by atoms with Crippen LogP contribution in [0.3, 0.4) is 0 Å². The highest BCUT2D eigenvalue weighted by Crippen LogP contribution is 2.21. The Morgan fingerprint density at radius 2 is 2.04 bits per heavy atom. The molecule has 0 aliphatic heterocycles. The number of nitro groups is 1. The second-order valence-corrected chi connectivity index (χ2v) is 4.88. The number of halogens is 1. The monoisotopic (exact) mass is 335 g/mol. The molecule has 0 aliphatic carbocycles. The van der Waals surface area contributed by atoms with Crippen molar-refractivity contribution < 1.29 is 18.9 Å². The normalized spacial score (nSPS) is 11.4.